The van der Waals surface area contributed by atoms with Gasteiger partial charge in [0.05, 0.1) is 16.8 Å². The Kier molecular flexibility index (Phi) is 6.19. The second kappa shape index (κ2) is 8.58. The zero-order valence-corrected chi connectivity index (χ0v) is 15.5. The highest BCUT2D eigenvalue weighted by Crippen LogP contribution is 2.25. The lowest BCUT2D eigenvalue weighted by molar-refractivity contribution is -0.122. The first-order valence-electron chi connectivity index (χ1n) is 8.81. The third-order valence-corrected chi connectivity index (χ3v) is 5.28. The van der Waals surface area contributed by atoms with Crippen LogP contribution in [0.2, 0.25) is 0 Å². The minimum Gasteiger partial charge on any atom is -0.490 e. The predicted molar refractivity (Wildman–Crippen MR) is 96.3 cm³/mol. The lowest BCUT2D eigenvalue weighted by Crippen LogP contribution is -2.39. The number of aromatic nitrogens is 1. The van der Waals surface area contributed by atoms with Gasteiger partial charge in [-0.05, 0) is 39.0 Å². The van der Waals surface area contributed by atoms with E-state index in [1.807, 2.05) is 12.3 Å². The number of hydrogen-bond donors (Lipinski definition) is 1. The summed E-state index contributed by atoms with van der Waals surface area (Å²) in [7, 11) is 0. The number of carbonyl (C=O) groups excluding carboxylic acids is 1. The van der Waals surface area contributed by atoms with Gasteiger partial charge in [0.25, 0.3) is 0 Å². The molecule has 1 N–H and O–H groups in total. The van der Waals surface area contributed by atoms with E-state index < -0.39 is 11.6 Å². The second-order valence-corrected chi connectivity index (χ2v) is 7.68. The average molecular weight is 380 g/mol. The molecule has 1 saturated carbocycles. The maximum Gasteiger partial charge on any atom is 0.220 e. The molecule has 1 heterocycles. The summed E-state index contributed by atoms with van der Waals surface area (Å²) < 4.78 is 32.1. The molecule has 1 aliphatic rings. The highest BCUT2D eigenvalue weighted by molar-refractivity contribution is 7.09. The Balaban J connectivity index is 1.39. The van der Waals surface area contributed by atoms with Crippen LogP contribution in [-0.4, -0.2) is 23.0 Å². The van der Waals surface area contributed by atoms with Gasteiger partial charge >= 0.3 is 0 Å². The van der Waals surface area contributed by atoms with Crippen molar-refractivity contribution in [1.82, 2.24) is 10.3 Å². The van der Waals surface area contributed by atoms with Crippen LogP contribution in [0, 0.1) is 18.6 Å². The first-order valence-corrected chi connectivity index (χ1v) is 9.69. The molecule has 0 bridgehead atoms. The molecule has 1 aliphatic carbocycles. The lowest BCUT2D eigenvalue weighted by Gasteiger charge is -2.29. The summed E-state index contributed by atoms with van der Waals surface area (Å²) in [5, 5.41) is 6.06. The van der Waals surface area contributed by atoms with Gasteiger partial charge in [0, 0.05) is 36.0 Å². The number of carbonyl (C=O) groups is 1. The molecular formula is C19H22F2N2O2S. The summed E-state index contributed by atoms with van der Waals surface area (Å²) in [5.41, 5.74) is 0.960. The van der Waals surface area contributed by atoms with Gasteiger partial charge in [0.15, 0.2) is 0 Å². The van der Waals surface area contributed by atoms with Crippen LogP contribution in [0.3, 0.4) is 0 Å². The van der Waals surface area contributed by atoms with E-state index in [4.69, 9.17) is 4.74 Å². The van der Waals surface area contributed by atoms with Crippen LogP contribution < -0.4 is 10.1 Å². The molecule has 0 saturated heterocycles. The summed E-state index contributed by atoms with van der Waals surface area (Å²) in [6, 6.07) is 3.34. The smallest absolute Gasteiger partial charge is 0.220 e. The largest absolute Gasteiger partial charge is 0.490 e. The molecule has 4 nitrogen and oxygen atoms in total. The van der Waals surface area contributed by atoms with E-state index in [9.17, 15) is 13.6 Å². The molecule has 1 aromatic heterocycles. The van der Waals surface area contributed by atoms with Crippen LogP contribution in [0.15, 0.2) is 23.6 Å². The topological polar surface area (TPSA) is 51.2 Å². The Labute approximate surface area is 155 Å². The van der Waals surface area contributed by atoms with Gasteiger partial charge < -0.3 is 10.1 Å². The van der Waals surface area contributed by atoms with Gasteiger partial charge in [-0.25, -0.2) is 13.8 Å². The maximum atomic E-state index is 13.2. The summed E-state index contributed by atoms with van der Waals surface area (Å²) in [6.07, 6.45) is 4.08. The summed E-state index contributed by atoms with van der Waals surface area (Å²) in [5.74, 6) is -1.03. The van der Waals surface area contributed by atoms with Crippen molar-refractivity contribution in [3.8, 4) is 5.75 Å². The molecule has 0 radical (unpaired) electrons. The second-order valence-electron chi connectivity index (χ2n) is 6.62. The molecule has 0 unspecified atom stereocenters. The molecule has 140 valence electrons. The number of thiazole rings is 1. The fraction of sp³-hybridized carbons (Fsp3) is 0.474. The zero-order chi connectivity index (χ0) is 18.5. The van der Waals surface area contributed by atoms with Crippen molar-refractivity contribution in [3.63, 3.8) is 0 Å². The standard InChI is InChI=1S/C19H22F2N2O2S/c1-12-22-16(11-26-12)4-7-19(24)23-15-2-5-17(6-3-15)25-18-9-13(20)8-14(21)10-18/h8-11,15,17H,2-7H2,1H3,(H,23,24). The summed E-state index contributed by atoms with van der Waals surface area (Å²) in [4.78, 5) is 16.4. The number of nitrogens with one attached hydrogen (secondary N) is 1. The van der Waals surface area contributed by atoms with Crippen molar-refractivity contribution in [2.75, 3.05) is 0 Å². The van der Waals surface area contributed by atoms with Crippen molar-refractivity contribution < 1.29 is 18.3 Å². The monoisotopic (exact) mass is 380 g/mol. The van der Waals surface area contributed by atoms with Crippen LogP contribution in [0.1, 0.15) is 42.8 Å². The molecule has 1 fully saturated rings. The van der Waals surface area contributed by atoms with Crippen LogP contribution in [0.4, 0.5) is 8.78 Å². The number of aryl methyl sites for hydroxylation is 2. The zero-order valence-electron chi connectivity index (χ0n) is 14.6. The number of amides is 1. The molecule has 0 aliphatic heterocycles. The van der Waals surface area contributed by atoms with E-state index in [0.29, 0.717) is 12.8 Å². The van der Waals surface area contributed by atoms with Crippen LogP contribution >= 0.6 is 11.3 Å². The van der Waals surface area contributed by atoms with Crippen molar-refractivity contribution in [2.45, 2.75) is 57.6 Å². The lowest BCUT2D eigenvalue weighted by atomic mass is 9.92. The molecule has 0 spiro atoms. The number of nitrogens with zero attached hydrogens (tertiary/aromatic N) is 1. The number of ether oxygens (including phenoxy) is 1. The Morgan fingerprint density at radius 1 is 1.23 bits per heavy atom. The first-order chi connectivity index (χ1) is 12.5. The third-order valence-electron chi connectivity index (χ3n) is 4.45. The molecule has 1 aromatic carbocycles. The molecular weight excluding hydrogens is 358 g/mol. The van der Waals surface area contributed by atoms with E-state index in [1.165, 1.54) is 12.1 Å². The SMILES string of the molecule is Cc1nc(CCC(=O)NC2CCC(Oc3cc(F)cc(F)c3)CC2)cs1. The number of benzene rings is 1. The summed E-state index contributed by atoms with van der Waals surface area (Å²) >= 11 is 1.59. The van der Waals surface area contributed by atoms with Gasteiger partial charge in [0.2, 0.25) is 5.91 Å². The van der Waals surface area contributed by atoms with Crippen LogP contribution in [0.25, 0.3) is 0 Å². The molecule has 3 rings (SSSR count). The van der Waals surface area contributed by atoms with Crippen molar-refractivity contribution in [3.05, 3.63) is 45.9 Å². The van der Waals surface area contributed by atoms with E-state index in [-0.39, 0.29) is 23.8 Å². The number of hydrogen-bond acceptors (Lipinski definition) is 4. The maximum absolute atomic E-state index is 13.2. The highest BCUT2D eigenvalue weighted by Gasteiger charge is 2.24. The fourth-order valence-corrected chi connectivity index (χ4v) is 3.83. The molecule has 0 atom stereocenters. The normalized spacial score (nSPS) is 20.0. The van der Waals surface area contributed by atoms with Crippen LogP contribution in [-0.2, 0) is 11.2 Å². The van der Waals surface area contributed by atoms with Crippen molar-refractivity contribution in [2.24, 2.45) is 0 Å². The molecule has 1 amide bonds. The molecule has 26 heavy (non-hydrogen) atoms. The number of rotatable bonds is 6. The number of halogens is 2. The van der Waals surface area contributed by atoms with Crippen LogP contribution in [0.5, 0.6) is 5.75 Å². The van der Waals surface area contributed by atoms with Gasteiger partial charge in [-0.15, -0.1) is 11.3 Å². The van der Waals surface area contributed by atoms with Crippen molar-refractivity contribution in [1.29, 1.82) is 0 Å². The Morgan fingerprint density at radius 2 is 1.92 bits per heavy atom. The Hall–Kier alpha value is -2.02. The van der Waals surface area contributed by atoms with Gasteiger partial charge in [0.1, 0.15) is 17.4 Å². The van der Waals surface area contributed by atoms with E-state index in [2.05, 4.69) is 10.3 Å². The molecule has 2 aromatic rings. The Bertz CT molecular complexity index is 737. The van der Waals surface area contributed by atoms with Crippen molar-refractivity contribution >= 4 is 17.2 Å². The third kappa shape index (κ3) is 5.49. The Morgan fingerprint density at radius 3 is 2.54 bits per heavy atom. The van der Waals surface area contributed by atoms with E-state index in [0.717, 1.165) is 42.5 Å². The minimum atomic E-state index is -0.642. The van der Waals surface area contributed by atoms with E-state index in [1.54, 1.807) is 11.3 Å². The minimum absolute atomic E-state index is 0.0345. The van der Waals surface area contributed by atoms with Gasteiger partial charge in [-0.2, -0.15) is 0 Å². The van der Waals surface area contributed by atoms with Gasteiger partial charge in [-0.1, -0.05) is 0 Å². The predicted octanol–water partition coefficient (Wildman–Crippen LogP) is 4.17. The average Bonchev–Trinajstić information content (AvgIpc) is 2.99. The van der Waals surface area contributed by atoms with Gasteiger partial charge in [-0.3, -0.25) is 4.79 Å². The first kappa shape index (κ1) is 18.8. The quantitative estimate of drug-likeness (QED) is 0.818. The van der Waals surface area contributed by atoms with E-state index >= 15 is 0 Å². The molecule has 7 heteroatoms. The summed E-state index contributed by atoms with van der Waals surface area (Å²) in [6.45, 7) is 1.95. The fourth-order valence-electron chi connectivity index (χ4n) is 3.18. The highest BCUT2D eigenvalue weighted by atomic mass is 32.1.